The second kappa shape index (κ2) is 4.14. The molecular formula is C6H3ClF8O2. The Kier molecular flexibility index (Phi) is 3.95. The third-order valence-electron chi connectivity index (χ3n) is 1.59. The first-order valence-corrected chi connectivity index (χ1v) is 3.90. The van der Waals surface area contributed by atoms with Crippen molar-refractivity contribution in [2.75, 3.05) is 7.11 Å². The third-order valence-corrected chi connectivity index (χ3v) is 1.82. The molecule has 0 fully saturated rings. The molecule has 0 bridgehead atoms. The van der Waals surface area contributed by atoms with E-state index in [0.717, 1.165) is 0 Å². The third kappa shape index (κ3) is 2.26. The van der Waals surface area contributed by atoms with E-state index in [4.69, 9.17) is 0 Å². The van der Waals surface area contributed by atoms with E-state index in [1.807, 2.05) is 0 Å². The molecule has 2 nitrogen and oxygen atoms in total. The SMILES string of the molecule is COC(=O)C(F)(F)C(F)(F)C(F)(F)C(F)(F)Cl. The van der Waals surface area contributed by atoms with E-state index in [2.05, 4.69) is 16.3 Å². The summed E-state index contributed by atoms with van der Waals surface area (Å²) in [6.07, 6.45) is 0. The van der Waals surface area contributed by atoms with Crippen molar-refractivity contribution in [3.63, 3.8) is 0 Å². The summed E-state index contributed by atoms with van der Waals surface area (Å²) in [6.45, 7) is 0. The topological polar surface area (TPSA) is 26.3 Å². The van der Waals surface area contributed by atoms with Gasteiger partial charge < -0.3 is 4.74 Å². The Bertz CT molecular complexity index is 310. The first-order chi connectivity index (χ1) is 7.23. The van der Waals surface area contributed by atoms with E-state index in [0.29, 0.717) is 0 Å². The summed E-state index contributed by atoms with van der Waals surface area (Å²) in [5.74, 6) is -22.6. The van der Waals surface area contributed by atoms with Crippen molar-refractivity contribution in [3.8, 4) is 0 Å². The largest absolute Gasteiger partial charge is 0.464 e. The maximum atomic E-state index is 12.5. The Balaban J connectivity index is 5.63. The lowest BCUT2D eigenvalue weighted by molar-refractivity contribution is -0.341. The molecule has 0 spiro atoms. The lowest BCUT2D eigenvalue weighted by Gasteiger charge is -2.32. The van der Waals surface area contributed by atoms with Crippen LogP contribution in [0.1, 0.15) is 0 Å². The van der Waals surface area contributed by atoms with Crippen molar-refractivity contribution in [3.05, 3.63) is 0 Å². The molecule has 102 valence electrons. The number of alkyl halides is 9. The van der Waals surface area contributed by atoms with Crippen molar-refractivity contribution >= 4 is 17.6 Å². The van der Waals surface area contributed by atoms with Crippen LogP contribution in [0.25, 0.3) is 0 Å². The Hall–Kier alpha value is -0.800. The van der Waals surface area contributed by atoms with E-state index < -0.39 is 29.1 Å². The number of carbonyl (C=O) groups excluding carboxylic acids is 1. The van der Waals surface area contributed by atoms with Crippen molar-refractivity contribution in [1.29, 1.82) is 0 Å². The summed E-state index contributed by atoms with van der Waals surface area (Å²) >= 11 is 3.61. The second-order valence-electron chi connectivity index (χ2n) is 2.71. The fraction of sp³-hybridized carbons (Fsp3) is 0.833. The maximum absolute atomic E-state index is 12.5. The van der Waals surface area contributed by atoms with E-state index in [1.165, 1.54) is 0 Å². The van der Waals surface area contributed by atoms with Crippen molar-refractivity contribution in [1.82, 2.24) is 0 Å². The zero-order valence-electron chi connectivity index (χ0n) is 7.72. The number of esters is 1. The predicted octanol–water partition coefficient (Wildman–Crippen LogP) is 2.90. The van der Waals surface area contributed by atoms with Crippen LogP contribution in [-0.4, -0.2) is 36.2 Å². The van der Waals surface area contributed by atoms with Gasteiger partial charge in [-0.1, -0.05) is 0 Å². The Morgan fingerprint density at radius 1 is 0.941 bits per heavy atom. The molecule has 0 aromatic rings. The fourth-order valence-corrected chi connectivity index (χ4v) is 0.750. The Morgan fingerprint density at radius 3 is 1.53 bits per heavy atom. The van der Waals surface area contributed by atoms with Gasteiger partial charge in [-0.05, 0) is 11.6 Å². The summed E-state index contributed by atoms with van der Waals surface area (Å²) < 4.78 is 102. The van der Waals surface area contributed by atoms with Gasteiger partial charge in [0.2, 0.25) is 0 Å². The summed E-state index contributed by atoms with van der Waals surface area (Å²) in [5.41, 5.74) is 0. The molecule has 0 amide bonds. The molecule has 0 aliphatic heterocycles. The van der Waals surface area contributed by atoms with Crippen LogP contribution in [0.5, 0.6) is 0 Å². The van der Waals surface area contributed by atoms with Crippen LogP contribution in [-0.2, 0) is 9.53 Å². The average Bonchev–Trinajstić information content (AvgIpc) is 2.13. The lowest BCUT2D eigenvalue weighted by Crippen LogP contribution is -2.63. The zero-order chi connectivity index (χ0) is 14.3. The van der Waals surface area contributed by atoms with E-state index >= 15 is 0 Å². The Morgan fingerprint density at radius 2 is 1.29 bits per heavy atom. The fourth-order valence-electron chi connectivity index (χ4n) is 0.632. The zero-order valence-corrected chi connectivity index (χ0v) is 8.47. The van der Waals surface area contributed by atoms with Gasteiger partial charge in [0.15, 0.2) is 0 Å². The van der Waals surface area contributed by atoms with Gasteiger partial charge in [-0.3, -0.25) is 0 Å². The molecule has 0 radical (unpaired) electrons. The van der Waals surface area contributed by atoms with Crippen molar-refractivity contribution < 1.29 is 44.7 Å². The van der Waals surface area contributed by atoms with E-state index in [1.54, 1.807) is 0 Å². The molecule has 0 atom stereocenters. The standard InChI is InChI=1S/C6H3ClF8O2/c1-17-2(16)3(8,9)4(10,11)5(12,13)6(7,14)15/h1H3. The summed E-state index contributed by atoms with van der Waals surface area (Å²) in [7, 11) is 0.184. The van der Waals surface area contributed by atoms with Crippen LogP contribution in [0.4, 0.5) is 35.1 Å². The Labute approximate surface area is 93.5 Å². The second-order valence-corrected chi connectivity index (χ2v) is 3.19. The van der Waals surface area contributed by atoms with Gasteiger partial charge in [0.25, 0.3) is 0 Å². The predicted molar refractivity (Wildman–Crippen MR) is 37.7 cm³/mol. The summed E-state index contributed by atoms with van der Waals surface area (Å²) in [5, 5.41) is -5.98. The monoisotopic (exact) mass is 294 g/mol. The molecule has 0 aliphatic carbocycles. The summed E-state index contributed by atoms with van der Waals surface area (Å²) in [6, 6.07) is 0. The van der Waals surface area contributed by atoms with Gasteiger partial charge in [0, 0.05) is 0 Å². The number of methoxy groups -OCH3 is 1. The number of halogens is 9. The van der Waals surface area contributed by atoms with Gasteiger partial charge in [0.1, 0.15) is 0 Å². The first kappa shape index (κ1) is 16.2. The number of ether oxygens (including phenoxy) is 1. The molecule has 0 aliphatic rings. The van der Waals surface area contributed by atoms with Crippen molar-refractivity contribution in [2.45, 2.75) is 23.1 Å². The van der Waals surface area contributed by atoms with Gasteiger partial charge in [-0.25, -0.2) is 4.79 Å². The van der Waals surface area contributed by atoms with Gasteiger partial charge in [-0.2, -0.15) is 35.1 Å². The van der Waals surface area contributed by atoms with Crippen LogP contribution in [0.15, 0.2) is 0 Å². The van der Waals surface area contributed by atoms with Crippen LogP contribution in [0, 0.1) is 0 Å². The average molecular weight is 295 g/mol. The highest BCUT2D eigenvalue weighted by Crippen LogP contribution is 2.54. The number of hydrogen-bond acceptors (Lipinski definition) is 2. The normalized spacial score (nSPS) is 14.7. The molecule has 0 heterocycles. The van der Waals surface area contributed by atoms with E-state index in [-0.39, 0.29) is 7.11 Å². The molecule has 0 N–H and O–H groups in total. The van der Waals surface area contributed by atoms with Gasteiger partial charge >= 0.3 is 29.1 Å². The minimum absolute atomic E-state index is 0.184. The quantitative estimate of drug-likeness (QED) is 0.453. The highest BCUT2D eigenvalue weighted by Gasteiger charge is 2.83. The minimum Gasteiger partial charge on any atom is -0.464 e. The molecule has 0 aromatic heterocycles. The molecule has 11 heteroatoms. The molecule has 0 aromatic carbocycles. The molecule has 0 rings (SSSR count). The minimum atomic E-state index is -6.72. The molecule has 17 heavy (non-hydrogen) atoms. The van der Waals surface area contributed by atoms with Gasteiger partial charge in [0.05, 0.1) is 7.11 Å². The molecule has 0 saturated heterocycles. The lowest BCUT2D eigenvalue weighted by atomic mass is 10.0. The highest BCUT2D eigenvalue weighted by molar-refractivity contribution is 6.22. The van der Waals surface area contributed by atoms with Crippen LogP contribution < -0.4 is 0 Å². The van der Waals surface area contributed by atoms with Crippen molar-refractivity contribution in [2.24, 2.45) is 0 Å². The summed E-state index contributed by atoms with van der Waals surface area (Å²) in [4.78, 5) is 10.2. The van der Waals surface area contributed by atoms with E-state index in [9.17, 15) is 39.9 Å². The van der Waals surface area contributed by atoms with Gasteiger partial charge in [-0.15, -0.1) is 0 Å². The molecular weight excluding hydrogens is 292 g/mol. The highest BCUT2D eigenvalue weighted by atomic mass is 35.5. The molecule has 0 unspecified atom stereocenters. The van der Waals surface area contributed by atoms with Crippen LogP contribution >= 0.6 is 11.6 Å². The van der Waals surface area contributed by atoms with Crippen LogP contribution in [0.3, 0.4) is 0 Å². The maximum Gasteiger partial charge on any atom is 0.411 e. The number of rotatable bonds is 4. The van der Waals surface area contributed by atoms with Crippen LogP contribution in [0.2, 0.25) is 0 Å². The smallest absolute Gasteiger partial charge is 0.411 e. The first-order valence-electron chi connectivity index (χ1n) is 3.52. The molecule has 0 saturated carbocycles. The number of hydrogen-bond donors (Lipinski definition) is 0. The number of carbonyl (C=O) groups is 1.